The van der Waals surface area contributed by atoms with E-state index in [1.165, 1.54) is 31.3 Å². The zero-order chi connectivity index (χ0) is 22.9. The first-order valence-corrected chi connectivity index (χ1v) is 13.4. The van der Waals surface area contributed by atoms with Gasteiger partial charge in [0, 0.05) is 26.6 Å². The fourth-order valence-corrected chi connectivity index (χ4v) is 6.18. The van der Waals surface area contributed by atoms with Crippen molar-refractivity contribution in [1.82, 2.24) is 9.88 Å². The van der Waals surface area contributed by atoms with Gasteiger partial charge in [0.2, 0.25) is 0 Å². The molecule has 1 aliphatic heterocycles. The maximum atomic E-state index is 13.4. The van der Waals surface area contributed by atoms with Gasteiger partial charge in [0.05, 0.1) is 29.4 Å². The highest BCUT2D eigenvalue weighted by molar-refractivity contribution is 14.1. The fraction of sp³-hybridized carbons (Fsp3) is 0.407. The van der Waals surface area contributed by atoms with Gasteiger partial charge in [0.25, 0.3) is 5.91 Å². The molecule has 6 heteroatoms. The summed E-state index contributed by atoms with van der Waals surface area (Å²) in [6.07, 6.45) is 18.4. The van der Waals surface area contributed by atoms with Gasteiger partial charge in [0.15, 0.2) is 0 Å². The summed E-state index contributed by atoms with van der Waals surface area (Å²) >= 11 is 8.96. The van der Waals surface area contributed by atoms with Crippen molar-refractivity contribution in [2.75, 3.05) is 0 Å². The maximum Gasteiger partial charge on any atom is 0.253 e. The summed E-state index contributed by atoms with van der Waals surface area (Å²) in [5.41, 5.74) is 3.84. The van der Waals surface area contributed by atoms with E-state index in [1.807, 2.05) is 18.3 Å². The Bertz CT molecular complexity index is 1180. The number of nitrogens with one attached hydrogen (secondary N) is 1. The molecular formula is C27H29ClIN3O. The second kappa shape index (κ2) is 9.79. The number of carbonyl (C=O) groups is 1. The molecule has 33 heavy (non-hydrogen) atoms. The lowest BCUT2D eigenvalue weighted by molar-refractivity contribution is 0.0921. The standard InChI is InChI=1S/C27H29ClIN3O/c1-17(18-6-9-22(29)10-7-18)30-27(33)24-15-21(28)14-20-12-13-32(26(20)24)16-23-11-8-19-4-2-3-5-25(19)31-23/h2-4,8,11-15,17-18,22,25H,5-7,9-10,16H2,1H3,(H,30,33)/t17?,18-,22-,25?. The molecule has 2 heterocycles. The van der Waals surface area contributed by atoms with Crippen LogP contribution in [0.25, 0.3) is 10.9 Å². The number of aromatic nitrogens is 1. The highest BCUT2D eigenvalue weighted by Crippen LogP contribution is 2.32. The molecule has 1 aromatic carbocycles. The first-order chi connectivity index (χ1) is 16.0. The second-order valence-electron chi connectivity index (χ2n) is 9.41. The Hall–Kier alpha value is -1.86. The molecule has 1 saturated carbocycles. The van der Waals surface area contributed by atoms with Crippen molar-refractivity contribution in [3.63, 3.8) is 0 Å². The molecule has 2 aliphatic carbocycles. The summed E-state index contributed by atoms with van der Waals surface area (Å²) < 4.78 is 2.90. The van der Waals surface area contributed by atoms with Crippen LogP contribution in [0.4, 0.5) is 0 Å². The molecule has 1 fully saturated rings. The zero-order valence-electron chi connectivity index (χ0n) is 18.8. The number of hydrogen-bond acceptors (Lipinski definition) is 2. The number of carbonyl (C=O) groups excluding carboxylic acids is 1. The first kappa shape index (κ1) is 22.9. The fourth-order valence-electron chi connectivity index (χ4n) is 5.23. The molecule has 5 rings (SSSR count). The molecule has 2 unspecified atom stereocenters. The number of alkyl halides is 1. The predicted octanol–water partition coefficient (Wildman–Crippen LogP) is 6.67. The van der Waals surface area contributed by atoms with Crippen molar-refractivity contribution in [2.24, 2.45) is 10.9 Å². The lowest BCUT2D eigenvalue weighted by Crippen LogP contribution is -2.39. The lowest BCUT2D eigenvalue weighted by atomic mass is 9.84. The highest BCUT2D eigenvalue weighted by atomic mass is 127. The average molecular weight is 574 g/mol. The van der Waals surface area contributed by atoms with Gasteiger partial charge in [-0.3, -0.25) is 9.79 Å². The zero-order valence-corrected chi connectivity index (χ0v) is 21.7. The minimum absolute atomic E-state index is 0.0460. The number of nitrogens with zero attached hydrogens (tertiary/aromatic N) is 2. The van der Waals surface area contributed by atoms with Crippen LogP contribution < -0.4 is 5.32 Å². The van der Waals surface area contributed by atoms with E-state index >= 15 is 0 Å². The van der Waals surface area contributed by atoms with Gasteiger partial charge in [-0.25, -0.2) is 0 Å². The monoisotopic (exact) mass is 573 g/mol. The number of amides is 1. The SMILES string of the molecule is CC(NC(=O)c1cc(Cl)cc2ccn(CC3=NC4CC=CC=C4C=C3)c12)[C@H]1CC[C@H](I)CC1. The summed E-state index contributed by atoms with van der Waals surface area (Å²) in [4.78, 5) is 18.4. The van der Waals surface area contributed by atoms with Crippen LogP contribution in [0.1, 0.15) is 49.4 Å². The van der Waals surface area contributed by atoms with Crippen LogP contribution in [0, 0.1) is 5.92 Å². The van der Waals surface area contributed by atoms with Crippen molar-refractivity contribution in [3.8, 4) is 0 Å². The molecule has 1 amide bonds. The normalized spacial score (nSPS) is 25.4. The maximum absolute atomic E-state index is 13.4. The van der Waals surface area contributed by atoms with Crippen molar-refractivity contribution in [2.45, 2.75) is 61.6 Å². The van der Waals surface area contributed by atoms with Gasteiger partial charge in [-0.1, -0.05) is 58.5 Å². The molecule has 1 N–H and O–H groups in total. The summed E-state index contributed by atoms with van der Waals surface area (Å²) in [6.45, 7) is 2.77. The molecule has 172 valence electrons. The molecule has 2 aromatic rings. The van der Waals surface area contributed by atoms with Crippen molar-refractivity contribution < 1.29 is 4.79 Å². The van der Waals surface area contributed by atoms with Gasteiger partial charge >= 0.3 is 0 Å². The predicted molar refractivity (Wildman–Crippen MR) is 146 cm³/mol. The number of dihydropyridines is 1. The topological polar surface area (TPSA) is 46.4 Å². The molecular weight excluding hydrogens is 545 g/mol. The number of benzene rings is 1. The molecule has 3 aliphatic rings. The number of allylic oxidation sites excluding steroid dienone is 3. The van der Waals surface area contributed by atoms with Gasteiger partial charge < -0.3 is 9.88 Å². The first-order valence-electron chi connectivity index (χ1n) is 11.8. The minimum atomic E-state index is -0.0460. The van der Waals surface area contributed by atoms with Crippen LogP contribution in [0.3, 0.4) is 0 Å². The Balaban J connectivity index is 1.39. The molecule has 0 radical (unpaired) electrons. The minimum Gasteiger partial charge on any atom is -0.349 e. The van der Waals surface area contributed by atoms with Crippen molar-refractivity contribution in [3.05, 3.63) is 70.9 Å². The van der Waals surface area contributed by atoms with Crippen LogP contribution >= 0.6 is 34.2 Å². The van der Waals surface area contributed by atoms with E-state index in [2.05, 4.69) is 69.8 Å². The van der Waals surface area contributed by atoms with Gasteiger partial charge in [-0.05, 0) is 74.8 Å². The molecule has 2 atom stereocenters. The van der Waals surface area contributed by atoms with E-state index in [9.17, 15) is 4.79 Å². The van der Waals surface area contributed by atoms with Gasteiger partial charge in [-0.15, -0.1) is 0 Å². The number of fused-ring (bicyclic) bond motifs is 2. The summed E-state index contributed by atoms with van der Waals surface area (Å²) in [5, 5.41) is 4.85. The molecule has 1 aromatic heterocycles. The average Bonchev–Trinajstić information content (AvgIpc) is 3.21. The number of halogens is 2. The number of hydrogen-bond donors (Lipinski definition) is 1. The quantitative estimate of drug-likeness (QED) is 0.315. The largest absolute Gasteiger partial charge is 0.349 e. The third-order valence-electron chi connectivity index (χ3n) is 7.13. The van der Waals surface area contributed by atoms with Crippen molar-refractivity contribution >= 4 is 56.7 Å². The summed E-state index contributed by atoms with van der Waals surface area (Å²) in [7, 11) is 0. The van der Waals surface area contributed by atoms with E-state index in [1.54, 1.807) is 6.07 Å². The number of rotatable bonds is 5. The number of aliphatic imine (C=N–C) groups is 1. The van der Waals surface area contributed by atoms with E-state index < -0.39 is 0 Å². The second-order valence-corrected chi connectivity index (χ2v) is 11.6. The third-order valence-corrected chi connectivity index (χ3v) is 8.59. The Morgan fingerprint density at radius 1 is 1.27 bits per heavy atom. The van der Waals surface area contributed by atoms with Crippen LogP contribution in [-0.4, -0.2) is 32.2 Å². The van der Waals surface area contributed by atoms with Gasteiger partial charge in [-0.2, -0.15) is 0 Å². The van der Waals surface area contributed by atoms with E-state index in [4.69, 9.17) is 16.6 Å². The molecule has 0 bridgehead atoms. The van der Waals surface area contributed by atoms with Crippen LogP contribution in [0.2, 0.25) is 5.02 Å². The van der Waals surface area contributed by atoms with Crippen LogP contribution in [-0.2, 0) is 6.54 Å². The Kier molecular flexibility index (Phi) is 6.79. The van der Waals surface area contributed by atoms with Crippen LogP contribution in [0.5, 0.6) is 0 Å². The van der Waals surface area contributed by atoms with E-state index in [0.717, 1.165) is 27.0 Å². The molecule has 0 saturated heterocycles. The van der Waals surface area contributed by atoms with E-state index in [-0.39, 0.29) is 18.0 Å². The Labute approximate surface area is 214 Å². The Morgan fingerprint density at radius 3 is 2.91 bits per heavy atom. The Morgan fingerprint density at radius 2 is 2.09 bits per heavy atom. The highest BCUT2D eigenvalue weighted by Gasteiger charge is 2.26. The summed E-state index contributed by atoms with van der Waals surface area (Å²) in [5.74, 6) is 0.491. The van der Waals surface area contributed by atoms with Gasteiger partial charge in [0.1, 0.15) is 0 Å². The van der Waals surface area contributed by atoms with E-state index in [0.29, 0.717) is 23.0 Å². The molecule has 0 spiro atoms. The smallest absolute Gasteiger partial charge is 0.253 e. The van der Waals surface area contributed by atoms with Crippen molar-refractivity contribution in [1.29, 1.82) is 0 Å². The molecule has 4 nitrogen and oxygen atoms in total. The lowest BCUT2D eigenvalue weighted by Gasteiger charge is -2.30. The van der Waals surface area contributed by atoms with Crippen LogP contribution in [0.15, 0.2) is 65.3 Å². The summed E-state index contributed by atoms with van der Waals surface area (Å²) in [6, 6.07) is 6.11. The third kappa shape index (κ3) is 4.99.